The van der Waals surface area contributed by atoms with Gasteiger partial charge < -0.3 is 20.5 Å². The smallest absolute Gasteiger partial charge is 0.399 e. The second-order valence-corrected chi connectivity index (χ2v) is 4.08. The number of hydrogen-bond donors (Lipinski definition) is 2. The molecule has 2 aromatic rings. The van der Waals surface area contributed by atoms with Crippen molar-refractivity contribution in [2.24, 2.45) is 0 Å². The van der Waals surface area contributed by atoms with Gasteiger partial charge in [-0.25, -0.2) is 0 Å². The Labute approximate surface area is 107 Å². The molecule has 0 radical (unpaired) electrons. The van der Waals surface area contributed by atoms with E-state index in [4.69, 9.17) is 5.73 Å². The van der Waals surface area contributed by atoms with Crippen LogP contribution in [0.2, 0.25) is 0 Å². The van der Waals surface area contributed by atoms with E-state index in [1.807, 2.05) is 6.07 Å². The second-order valence-electron chi connectivity index (χ2n) is 4.08. The number of hydrogen-bond acceptors (Lipinski definition) is 4. The standard InChI is InChI=1S/C13H10F2N2O2/c14-13(15)18-11-5-4-10(7-12(11)19-13)17-9-3-1-2-8(16)6-9/h1-7,17H,16H2. The molecule has 0 saturated carbocycles. The molecule has 0 fully saturated rings. The lowest BCUT2D eigenvalue weighted by molar-refractivity contribution is -0.286. The van der Waals surface area contributed by atoms with Gasteiger partial charge in [-0.3, -0.25) is 0 Å². The highest BCUT2D eigenvalue weighted by Crippen LogP contribution is 2.42. The van der Waals surface area contributed by atoms with Crippen LogP contribution in [0.15, 0.2) is 42.5 Å². The molecule has 0 aromatic heterocycles. The summed E-state index contributed by atoms with van der Waals surface area (Å²) in [7, 11) is 0. The normalized spacial score (nSPS) is 15.3. The predicted molar refractivity (Wildman–Crippen MR) is 66.8 cm³/mol. The van der Waals surface area contributed by atoms with Crippen molar-refractivity contribution in [2.45, 2.75) is 6.29 Å². The predicted octanol–water partition coefficient (Wildman–Crippen LogP) is 3.33. The Kier molecular flexibility index (Phi) is 2.45. The average Bonchev–Trinajstić information content (AvgIpc) is 2.62. The Morgan fingerprint density at radius 2 is 1.68 bits per heavy atom. The molecule has 1 aliphatic rings. The Balaban J connectivity index is 1.85. The summed E-state index contributed by atoms with van der Waals surface area (Å²) in [5.41, 5.74) is 7.62. The fourth-order valence-electron chi connectivity index (χ4n) is 1.81. The highest BCUT2D eigenvalue weighted by Gasteiger charge is 2.43. The fourth-order valence-corrected chi connectivity index (χ4v) is 1.81. The van der Waals surface area contributed by atoms with Crippen LogP contribution >= 0.6 is 0 Å². The third kappa shape index (κ3) is 2.37. The molecule has 1 aliphatic heterocycles. The third-order valence-corrected chi connectivity index (χ3v) is 2.58. The summed E-state index contributed by atoms with van der Waals surface area (Å²) in [5.74, 6) is 0.0158. The number of nitrogens with one attached hydrogen (secondary N) is 1. The first-order valence-electron chi connectivity index (χ1n) is 5.54. The van der Waals surface area contributed by atoms with Gasteiger partial charge in [0.2, 0.25) is 0 Å². The van der Waals surface area contributed by atoms with Crippen molar-refractivity contribution in [3.05, 3.63) is 42.5 Å². The SMILES string of the molecule is Nc1cccc(Nc2ccc3c(c2)OC(F)(F)O3)c1. The molecular weight excluding hydrogens is 254 g/mol. The van der Waals surface area contributed by atoms with Crippen LogP contribution in [0, 0.1) is 0 Å². The van der Waals surface area contributed by atoms with Crippen molar-refractivity contribution < 1.29 is 18.3 Å². The molecule has 3 N–H and O–H groups in total. The first kappa shape index (κ1) is 11.6. The van der Waals surface area contributed by atoms with E-state index < -0.39 is 6.29 Å². The van der Waals surface area contributed by atoms with Gasteiger partial charge in [-0.2, -0.15) is 0 Å². The minimum absolute atomic E-state index is 0.00102. The largest absolute Gasteiger partial charge is 0.586 e. The van der Waals surface area contributed by atoms with E-state index in [9.17, 15) is 8.78 Å². The zero-order valence-electron chi connectivity index (χ0n) is 9.69. The maximum absolute atomic E-state index is 12.9. The van der Waals surface area contributed by atoms with E-state index in [1.165, 1.54) is 12.1 Å². The first-order valence-corrected chi connectivity index (χ1v) is 5.54. The molecule has 6 heteroatoms. The molecule has 0 spiro atoms. The summed E-state index contributed by atoms with van der Waals surface area (Å²) in [4.78, 5) is 0. The number of anilines is 3. The van der Waals surface area contributed by atoms with E-state index in [0.717, 1.165) is 5.69 Å². The molecule has 98 valence electrons. The van der Waals surface area contributed by atoms with E-state index in [1.54, 1.807) is 24.3 Å². The van der Waals surface area contributed by atoms with Gasteiger partial charge in [-0.1, -0.05) is 6.07 Å². The summed E-state index contributed by atoms with van der Waals surface area (Å²) in [6.07, 6.45) is -3.60. The Morgan fingerprint density at radius 1 is 0.947 bits per heavy atom. The van der Waals surface area contributed by atoms with Crippen LogP contribution in [-0.4, -0.2) is 6.29 Å². The van der Waals surface area contributed by atoms with Crippen LogP contribution in [0.4, 0.5) is 25.8 Å². The monoisotopic (exact) mass is 264 g/mol. The number of fused-ring (bicyclic) bond motifs is 1. The van der Waals surface area contributed by atoms with Gasteiger partial charge in [0.25, 0.3) is 0 Å². The van der Waals surface area contributed by atoms with E-state index >= 15 is 0 Å². The minimum atomic E-state index is -3.60. The summed E-state index contributed by atoms with van der Waals surface area (Å²) in [5, 5.41) is 3.04. The Morgan fingerprint density at radius 3 is 2.47 bits per heavy atom. The molecule has 19 heavy (non-hydrogen) atoms. The van der Waals surface area contributed by atoms with Crippen molar-refractivity contribution in [1.29, 1.82) is 0 Å². The van der Waals surface area contributed by atoms with E-state index in [0.29, 0.717) is 11.4 Å². The Hall–Kier alpha value is -2.50. The van der Waals surface area contributed by atoms with Gasteiger partial charge in [0, 0.05) is 23.1 Å². The van der Waals surface area contributed by atoms with Gasteiger partial charge in [-0.15, -0.1) is 8.78 Å². The Bertz CT molecular complexity index is 632. The van der Waals surface area contributed by atoms with Crippen LogP contribution in [0.1, 0.15) is 0 Å². The third-order valence-electron chi connectivity index (χ3n) is 2.58. The molecule has 0 saturated heterocycles. The van der Waals surface area contributed by atoms with Gasteiger partial charge in [0.15, 0.2) is 11.5 Å². The lowest BCUT2D eigenvalue weighted by atomic mass is 10.2. The second kappa shape index (κ2) is 4.01. The van der Waals surface area contributed by atoms with Gasteiger partial charge in [-0.05, 0) is 30.3 Å². The van der Waals surface area contributed by atoms with Crippen LogP contribution in [0.3, 0.4) is 0 Å². The van der Waals surface area contributed by atoms with Crippen molar-refractivity contribution in [2.75, 3.05) is 11.1 Å². The molecule has 2 aromatic carbocycles. The number of halogens is 2. The van der Waals surface area contributed by atoms with Crippen LogP contribution < -0.4 is 20.5 Å². The number of benzene rings is 2. The molecule has 4 nitrogen and oxygen atoms in total. The lowest BCUT2D eigenvalue weighted by Gasteiger charge is -2.07. The lowest BCUT2D eigenvalue weighted by Crippen LogP contribution is -2.25. The van der Waals surface area contributed by atoms with Crippen molar-refractivity contribution in [3.8, 4) is 11.5 Å². The maximum Gasteiger partial charge on any atom is 0.586 e. The maximum atomic E-state index is 12.9. The first-order chi connectivity index (χ1) is 9.02. The van der Waals surface area contributed by atoms with E-state index in [-0.39, 0.29) is 11.5 Å². The molecule has 3 rings (SSSR count). The summed E-state index contributed by atoms with van der Waals surface area (Å²) in [6, 6.07) is 11.6. The number of ether oxygens (including phenoxy) is 2. The van der Waals surface area contributed by atoms with Crippen molar-refractivity contribution in [3.63, 3.8) is 0 Å². The molecular formula is C13H10F2N2O2. The van der Waals surface area contributed by atoms with Crippen LogP contribution in [-0.2, 0) is 0 Å². The van der Waals surface area contributed by atoms with E-state index in [2.05, 4.69) is 14.8 Å². The summed E-state index contributed by atoms with van der Waals surface area (Å²) >= 11 is 0. The number of nitrogen functional groups attached to an aromatic ring is 1. The number of nitrogens with two attached hydrogens (primary N) is 1. The van der Waals surface area contributed by atoms with Gasteiger partial charge in [0.05, 0.1) is 0 Å². The topological polar surface area (TPSA) is 56.5 Å². The zero-order valence-corrected chi connectivity index (χ0v) is 9.69. The minimum Gasteiger partial charge on any atom is -0.399 e. The molecule has 0 amide bonds. The highest BCUT2D eigenvalue weighted by molar-refractivity contribution is 5.66. The molecule has 0 unspecified atom stereocenters. The number of alkyl halides is 2. The molecule has 0 atom stereocenters. The highest BCUT2D eigenvalue weighted by atomic mass is 19.3. The summed E-state index contributed by atoms with van der Waals surface area (Å²) in [6.45, 7) is 0. The summed E-state index contributed by atoms with van der Waals surface area (Å²) < 4.78 is 34.4. The van der Waals surface area contributed by atoms with Crippen molar-refractivity contribution in [1.82, 2.24) is 0 Å². The van der Waals surface area contributed by atoms with Crippen molar-refractivity contribution >= 4 is 17.1 Å². The zero-order chi connectivity index (χ0) is 13.5. The van der Waals surface area contributed by atoms with Crippen LogP contribution in [0.25, 0.3) is 0 Å². The average molecular weight is 264 g/mol. The quantitative estimate of drug-likeness (QED) is 0.817. The molecule has 1 heterocycles. The fraction of sp³-hybridized carbons (Fsp3) is 0.0769. The molecule has 0 bridgehead atoms. The number of rotatable bonds is 2. The van der Waals surface area contributed by atoms with Crippen LogP contribution in [0.5, 0.6) is 11.5 Å². The van der Waals surface area contributed by atoms with Gasteiger partial charge >= 0.3 is 6.29 Å². The van der Waals surface area contributed by atoms with Gasteiger partial charge in [0.1, 0.15) is 0 Å². The molecule has 0 aliphatic carbocycles.